The van der Waals surface area contributed by atoms with Crippen molar-refractivity contribution in [3.63, 3.8) is 0 Å². The molecule has 0 radical (unpaired) electrons. The fourth-order valence-electron chi connectivity index (χ4n) is 1.60. The first-order valence-electron chi connectivity index (χ1n) is 5.81. The van der Waals surface area contributed by atoms with E-state index in [4.69, 9.17) is 14.2 Å². The van der Waals surface area contributed by atoms with E-state index in [2.05, 4.69) is 11.8 Å². The Bertz CT molecular complexity index is 478. The van der Waals surface area contributed by atoms with Crippen LogP contribution in [0.3, 0.4) is 0 Å². The summed E-state index contributed by atoms with van der Waals surface area (Å²) < 4.78 is 15.5. The van der Waals surface area contributed by atoms with Crippen LogP contribution in [0.2, 0.25) is 0 Å². The SMILES string of the molecule is CCOC(=O)C#Cc1cccc(C2OCCO2)c1. The van der Waals surface area contributed by atoms with Crippen molar-refractivity contribution in [3.05, 3.63) is 35.4 Å². The van der Waals surface area contributed by atoms with Gasteiger partial charge in [0, 0.05) is 17.0 Å². The van der Waals surface area contributed by atoms with E-state index in [1.807, 2.05) is 24.3 Å². The molecule has 4 nitrogen and oxygen atoms in total. The monoisotopic (exact) mass is 246 g/mol. The molecule has 0 saturated carbocycles. The van der Waals surface area contributed by atoms with Gasteiger partial charge < -0.3 is 14.2 Å². The van der Waals surface area contributed by atoms with Crippen LogP contribution in [0.15, 0.2) is 24.3 Å². The van der Waals surface area contributed by atoms with Crippen LogP contribution in [0.25, 0.3) is 0 Å². The zero-order valence-electron chi connectivity index (χ0n) is 10.1. The Morgan fingerprint density at radius 1 is 1.44 bits per heavy atom. The van der Waals surface area contributed by atoms with Crippen molar-refractivity contribution < 1.29 is 19.0 Å². The van der Waals surface area contributed by atoms with E-state index in [0.717, 1.165) is 11.1 Å². The van der Waals surface area contributed by atoms with Crippen molar-refractivity contribution in [3.8, 4) is 11.8 Å². The van der Waals surface area contributed by atoms with Crippen molar-refractivity contribution in [2.75, 3.05) is 19.8 Å². The minimum atomic E-state index is -0.517. The highest BCUT2D eigenvalue weighted by Crippen LogP contribution is 2.23. The van der Waals surface area contributed by atoms with Gasteiger partial charge in [0.15, 0.2) is 6.29 Å². The van der Waals surface area contributed by atoms with Gasteiger partial charge in [0.05, 0.1) is 19.8 Å². The summed E-state index contributed by atoms with van der Waals surface area (Å²) >= 11 is 0. The van der Waals surface area contributed by atoms with E-state index in [9.17, 15) is 4.79 Å². The number of benzene rings is 1. The highest BCUT2D eigenvalue weighted by Gasteiger charge is 2.17. The van der Waals surface area contributed by atoms with Gasteiger partial charge in [-0.05, 0) is 19.1 Å². The topological polar surface area (TPSA) is 44.8 Å². The molecule has 1 heterocycles. The van der Waals surface area contributed by atoms with E-state index in [-0.39, 0.29) is 6.29 Å². The first-order valence-corrected chi connectivity index (χ1v) is 5.81. The fraction of sp³-hybridized carbons (Fsp3) is 0.357. The maximum atomic E-state index is 11.1. The van der Waals surface area contributed by atoms with Gasteiger partial charge in [0.2, 0.25) is 0 Å². The predicted molar refractivity (Wildman–Crippen MR) is 64.6 cm³/mol. The lowest BCUT2D eigenvalue weighted by Crippen LogP contribution is -2.00. The predicted octanol–water partition coefficient (Wildman–Crippen LogP) is 1.65. The molecule has 0 amide bonds. The second kappa shape index (κ2) is 6.20. The Morgan fingerprint density at radius 3 is 2.94 bits per heavy atom. The molecule has 1 aliphatic rings. The normalized spacial score (nSPS) is 14.9. The van der Waals surface area contributed by atoms with Gasteiger partial charge in [-0.15, -0.1) is 0 Å². The van der Waals surface area contributed by atoms with Crippen LogP contribution in [0, 0.1) is 11.8 Å². The van der Waals surface area contributed by atoms with E-state index in [1.54, 1.807) is 6.92 Å². The molecule has 1 aliphatic heterocycles. The summed E-state index contributed by atoms with van der Waals surface area (Å²) in [7, 11) is 0. The number of ether oxygens (including phenoxy) is 3. The number of rotatable bonds is 2. The Labute approximate surface area is 106 Å². The van der Waals surface area contributed by atoms with Crippen LogP contribution in [-0.2, 0) is 19.0 Å². The van der Waals surface area contributed by atoms with Crippen LogP contribution in [0.5, 0.6) is 0 Å². The minimum Gasteiger partial charge on any atom is -0.456 e. The zero-order valence-corrected chi connectivity index (χ0v) is 10.1. The first-order chi connectivity index (χ1) is 8.79. The molecular formula is C14H14O4. The number of hydrogen-bond donors (Lipinski definition) is 0. The molecule has 18 heavy (non-hydrogen) atoms. The molecule has 2 rings (SSSR count). The van der Waals surface area contributed by atoms with Crippen molar-refractivity contribution >= 4 is 5.97 Å². The van der Waals surface area contributed by atoms with Crippen molar-refractivity contribution in [1.82, 2.24) is 0 Å². The first kappa shape index (κ1) is 12.6. The largest absolute Gasteiger partial charge is 0.456 e. The molecule has 1 aromatic carbocycles. The molecule has 94 valence electrons. The molecule has 0 atom stereocenters. The van der Waals surface area contributed by atoms with Crippen LogP contribution in [0.4, 0.5) is 0 Å². The Kier molecular flexibility index (Phi) is 4.35. The third-order valence-corrected chi connectivity index (χ3v) is 2.36. The summed E-state index contributed by atoms with van der Waals surface area (Å²) in [5, 5.41) is 0. The zero-order chi connectivity index (χ0) is 12.8. The van der Waals surface area contributed by atoms with E-state index in [0.29, 0.717) is 19.8 Å². The van der Waals surface area contributed by atoms with Gasteiger partial charge in [-0.25, -0.2) is 4.79 Å². The lowest BCUT2D eigenvalue weighted by atomic mass is 10.1. The number of carbonyl (C=O) groups is 1. The molecule has 0 N–H and O–H groups in total. The van der Waals surface area contributed by atoms with Crippen molar-refractivity contribution in [1.29, 1.82) is 0 Å². The molecule has 1 fully saturated rings. The van der Waals surface area contributed by atoms with Gasteiger partial charge in [-0.1, -0.05) is 18.1 Å². The minimum absolute atomic E-state index is 0.325. The summed E-state index contributed by atoms with van der Waals surface area (Å²) in [6.45, 7) is 3.28. The summed E-state index contributed by atoms with van der Waals surface area (Å²) in [4.78, 5) is 11.1. The molecule has 4 heteroatoms. The van der Waals surface area contributed by atoms with E-state index in [1.165, 1.54) is 0 Å². The number of carbonyl (C=O) groups excluding carboxylic acids is 1. The number of hydrogen-bond acceptors (Lipinski definition) is 4. The second-order valence-electron chi connectivity index (χ2n) is 3.67. The summed E-state index contributed by atoms with van der Waals surface area (Å²) in [6.07, 6.45) is -0.325. The quantitative estimate of drug-likeness (QED) is 0.588. The van der Waals surface area contributed by atoms with E-state index >= 15 is 0 Å². The van der Waals surface area contributed by atoms with Gasteiger partial charge in [-0.2, -0.15) is 0 Å². The lowest BCUT2D eigenvalue weighted by molar-refractivity contribution is -0.136. The second-order valence-corrected chi connectivity index (χ2v) is 3.67. The maximum absolute atomic E-state index is 11.1. The standard InChI is InChI=1S/C14H14O4/c1-2-16-13(15)7-6-11-4-3-5-12(10-11)14-17-8-9-18-14/h3-5,10,14H,2,8-9H2,1H3. The molecule has 1 saturated heterocycles. The molecule has 0 spiro atoms. The Morgan fingerprint density at radius 2 is 2.22 bits per heavy atom. The molecule has 0 aliphatic carbocycles. The van der Waals surface area contributed by atoms with Crippen LogP contribution in [0.1, 0.15) is 24.3 Å². The van der Waals surface area contributed by atoms with Crippen LogP contribution < -0.4 is 0 Å². The van der Waals surface area contributed by atoms with Crippen LogP contribution >= 0.6 is 0 Å². The molecule has 1 aromatic rings. The Hall–Kier alpha value is -1.83. The average Bonchev–Trinajstić information content (AvgIpc) is 2.91. The molecule has 0 unspecified atom stereocenters. The molecule has 0 bridgehead atoms. The molecule has 0 aromatic heterocycles. The molecular weight excluding hydrogens is 232 g/mol. The maximum Gasteiger partial charge on any atom is 0.384 e. The smallest absolute Gasteiger partial charge is 0.384 e. The Balaban J connectivity index is 2.09. The van der Waals surface area contributed by atoms with Crippen molar-refractivity contribution in [2.24, 2.45) is 0 Å². The summed E-state index contributed by atoms with van der Waals surface area (Å²) in [5.41, 5.74) is 1.64. The fourth-order valence-corrected chi connectivity index (χ4v) is 1.60. The van der Waals surface area contributed by atoms with Gasteiger partial charge in [-0.3, -0.25) is 0 Å². The van der Waals surface area contributed by atoms with Gasteiger partial charge >= 0.3 is 5.97 Å². The van der Waals surface area contributed by atoms with E-state index < -0.39 is 5.97 Å². The lowest BCUT2D eigenvalue weighted by Gasteiger charge is -2.08. The van der Waals surface area contributed by atoms with Gasteiger partial charge in [0.1, 0.15) is 0 Å². The third kappa shape index (κ3) is 3.33. The summed E-state index contributed by atoms with van der Waals surface area (Å²) in [5.74, 6) is 4.66. The highest BCUT2D eigenvalue weighted by atomic mass is 16.7. The highest BCUT2D eigenvalue weighted by molar-refractivity contribution is 5.89. The average molecular weight is 246 g/mol. The number of esters is 1. The van der Waals surface area contributed by atoms with Crippen molar-refractivity contribution in [2.45, 2.75) is 13.2 Å². The summed E-state index contributed by atoms with van der Waals surface area (Å²) in [6, 6.07) is 7.44. The van der Waals surface area contributed by atoms with Gasteiger partial charge in [0.25, 0.3) is 0 Å². The third-order valence-electron chi connectivity index (χ3n) is 2.36. The van der Waals surface area contributed by atoms with Crippen LogP contribution in [-0.4, -0.2) is 25.8 Å².